The number of hydrogen-bond donors (Lipinski definition) is 3. The van der Waals surface area contributed by atoms with Gasteiger partial charge in [-0.1, -0.05) is 76.0 Å². The molecule has 5 aromatic rings. The Morgan fingerprint density at radius 1 is 0.887 bits per heavy atom. The van der Waals surface area contributed by atoms with Gasteiger partial charge >= 0.3 is 34.0 Å². The Kier molecular flexibility index (Phi) is 15.8. The molecule has 0 unspecified atom stereocenters. The van der Waals surface area contributed by atoms with E-state index < -0.39 is 80.9 Å². The Bertz CT molecular complexity index is 3010. The number of nitrogens with zero attached hydrogens (tertiary/aromatic N) is 7. The summed E-state index contributed by atoms with van der Waals surface area (Å²) in [6, 6.07) is 17.1. The van der Waals surface area contributed by atoms with Gasteiger partial charge in [0.25, 0.3) is 11.8 Å². The van der Waals surface area contributed by atoms with Gasteiger partial charge < -0.3 is 29.1 Å². The maximum atomic E-state index is 13.8. The molecule has 0 bridgehead atoms. The van der Waals surface area contributed by atoms with E-state index in [1.165, 1.54) is 37.6 Å². The number of carbonyl (C=O) groups excluding carboxylic acids is 5. The Morgan fingerprint density at radius 2 is 1.49 bits per heavy atom. The normalized spacial score (nSPS) is 14.1. The highest BCUT2D eigenvalue weighted by Gasteiger charge is 2.44. The van der Waals surface area contributed by atoms with Gasteiger partial charge in [-0.25, -0.2) is 33.9 Å². The fourth-order valence-electron chi connectivity index (χ4n) is 6.04. The summed E-state index contributed by atoms with van der Waals surface area (Å²) in [5.41, 5.74) is -3.75. The van der Waals surface area contributed by atoms with Crippen LogP contribution in [-0.2, 0) is 58.7 Å². The number of pyridine rings is 1. The van der Waals surface area contributed by atoms with Crippen LogP contribution in [0.25, 0.3) is 11.5 Å². The number of esters is 1. The number of benzene rings is 2. The molecule has 3 aromatic heterocycles. The van der Waals surface area contributed by atoms with Crippen LogP contribution in [0.3, 0.4) is 0 Å². The van der Waals surface area contributed by atoms with E-state index in [0.29, 0.717) is 4.90 Å². The zero-order valence-electron chi connectivity index (χ0n) is 40.0. The summed E-state index contributed by atoms with van der Waals surface area (Å²) in [5.74, 6) is -2.78. The molecule has 376 valence electrons. The lowest BCUT2D eigenvalue weighted by Crippen LogP contribution is -2.68. The summed E-state index contributed by atoms with van der Waals surface area (Å²) in [4.78, 5) is 94.1. The topological polar surface area (TPSA) is 283 Å². The van der Waals surface area contributed by atoms with Crippen LogP contribution in [0.2, 0.25) is 0 Å². The second-order valence-corrected chi connectivity index (χ2v) is 20.4. The molecule has 1 saturated heterocycles. The van der Waals surface area contributed by atoms with Gasteiger partial charge in [0, 0.05) is 18.0 Å². The van der Waals surface area contributed by atoms with E-state index in [-0.39, 0.29) is 57.7 Å². The first-order valence-electron chi connectivity index (χ1n) is 21.6. The van der Waals surface area contributed by atoms with Gasteiger partial charge in [0.1, 0.15) is 41.8 Å². The highest BCUT2D eigenvalue weighted by molar-refractivity contribution is 7.88. The lowest BCUT2D eigenvalue weighted by atomic mass is 10.1. The number of anilines is 1. The van der Waals surface area contributed by atoms with E-state index in [9.17, 15) is 37.2 Å². The van der Waals surface area contributed by atoms with Crippen LogP contribution in [0.15, 0.2) is 101 Å². The smallest absolute Gasteiger partial charge is 0.413 e. The van der Waals surface area contributed by atoms with Crippen LogP contribution in [0, 0.1) is 0 Å². The van der Waals surface area contributed by atoms with E-state index >= 15 is 0 Å². The summed E-state index contributed by atoms with van der Waals surface area (Å²) in [6.45, 7) is 15.7. The highest BCUT2D eigenvalue weighted by atomic mass is 32.2. The van der Waals surface area contributed by atoms with Crippen LogP contribution < -0.4 is 30.5 Å². The lowest BCUT2D eigenvalue weighted by Gasteiger charge is -2.36. The summed E-state index contributed by atoms with van der Waals surface area (Å²) in [7, 11) is -5.16. The van der Waals surface area contributed by atoms with E-state index in [2.05, 4.69) is 37.4 Å². The first-order chi connectivity index (χ1) is 33.3. The lowest BCUT2D eigenvalue weighted by molar-refractivity contribution is -0.179. The van der Waals surface area contributed by atoms with E-state index in [1.54, 1.807) is 46.3 Å². The predicted molar refractivity (Wildman–Crippen MR) is 257 cm³/mol. The standard InChI is InChI=1S/C46H52N10O13S2/c1-10-21-54-36(30-22-33(65-25-28-17-13-11-14-18-28)34(23-47-30)66-26-29-19-15-12-16-20-29)51-56(43(54)62)71(63,64)53-41(60)55-24-31(38(55)58)48-37(57)35(52-69-46(8,9)39(59)67-44(2,3)4)32-27-70-40(49-32)50-42(61)68-45(5,6)7/h10-20,22-23,27,31H,1,21,24-26H2,2-9H3,(H,48,57)(H,53,60)(H,49,50,61)/b52-35-/t31-/m0/s1. The molecule has 71 heavy (non-hydrogen) atoms. The van der Waals surface area contributed by atoms with Crippen LogP contribution >= 0.6 is 11.3 Å². The molecule has 4 heterocycles. The zero-order valence-corrected chi connectivity index (χ0v) is 41.6. The van der Waals surface area contributed by atoms with Gasteiger partial charge in [0.15, 0.2) is 28.2 Å². The molecule has 0 aliphatic carbocycles. The van der Waals surface area contributed by atoms with Crippen molar-refractivity contribution in [2.45, 2.75) is 98.0 Å². The van der Waals surface area contributed by atoms with Gasteiger partial charge in [0.05, 0.1) is 12.7 Å². The maximum absolute atomic E-state index is 13.8. The number of amides is 5. The van der Waals surface area contributed by atoms with Crippen molar-refractivity contribution in [3.63, 3.8) is 0 Å². The van der Waals surface area contributed by atoms with Crippen LogP contribution in [0.4, 0.5) is 14.7 Å². The van der Waals surface area contributed by atoms with Gasteiger partial charge in [-0.3, -0.25) is 24.4 Å². The van der Waals surface area contributed by atoms with Gasteiger partial charge in [-0.15, -0.1) is 23.0 Å². The Balaban J connectivity index is 1.19. The van der Waals surface area contributed by atoms with Crippen molar-refractivity contribution < 1.29 is 56.2 Å². The number of β-lactam (4-membered cyclic amide) rings is 1. The molecular formula is C46H52N10O13S2. The monoisotopic (exact) mass is 1020 g/mol. The number of rotatable bonds is 18. The van der Waals surface area contributed by atoms with Gasteiger partial charge in [-0.2, -0.15) is 8.42 Å². The molecule has 1 aliphatic rings. The number of allylic oxidation sites excluding steroid dienone is 1. The largest absolute Gasteiger partial charge is 0.485 e. The van der Waals surface area contributed by atoms with Crippen LogP contribution in [0.1, 0.15) is 72.2 Å². The number of oxime groups is 1. The van der Waals surface area contributed by atoms with Crippen molar-refractivity contribution in [2.24, 2.45) is 5.16 Å². The Labute approximate surface area is 412 Å². The molecule has 5 amide bonds. The second-order valence-electron chi connectivity index (χ2n) is 18.0. The molecule has 3 N–H and O–H groups in total. The maximum Gasteiger partial charge on any atom is 0.413 e. The third kappa shape index (κ3) is 13.7. The SMILES string of the molecule is C=CCn1c(-c2cc(OCc3ccccc3)c(OCc3ccccc3)cn2)nn(S(=O)(=O)NC(=O)N2C[C@H](NC(=O)/C(=N\OC(C)(C)C(=O)OC(C)(C)C)c3csc(NC(=O)OC(C)(C)C)n3)C2=O)c1=O. The highest BCUT2D eigenvalue weighted by Crippen LogP contribution is 2.32. The molecule has 1 fully saturated rings. The third-order valence-corrected chi connectivity index (χ3v) is 11.3. The minimum atomic E-state index is -5.16. The molecule has 1 atom stereocenters. The fraction of sp³-hybridized carbons (Fsp3) is 0.348. The van der Waals surface area contributed by atoms with E-state index in [0.717, 1.165) is 27.0 Å². The van der Waals surface area contributed by atoms with Gasteiger partial charge in [-0.05, 0) is 66.5 Å². The summed E-state index contributed by atoms with van der Waals surface area (Å²) in [5, 5.41) is 14.1. The van der Waals surface area contributed by atoms with Crippen molar-refractivity contribution in [3.05, 3.63) is 118 Å². The molecule has 0 radical (unpaired) electrons. The number of carbonyl (C=O) groups is 5. The molecule has 23 nitrogen and oxygen atoms in total. The average Bonchev–Trinajstić information content (AvgIpc) is 3.89. The second kappa shape index (κ2) is 21.4. The minimum Gasteiger partial charge on any atom is -0.485 e. The fourth-order valence-corrected chi connectivity index (χ4v) is 7.63. The number of ether oxygens (including phenoxy) is 4. The van der Waals surface area contributed by atoms with E-state index in [4.69, 9.17) is 23.8 Å². The van der Waals surface area contributed by atoms with Crippen molar-refractivity contribution in [2.75, 3.05) is 11.9 Å². The van der Waals surface area contributed by atoms with Crippen molar-refractivity contribution in [3.8, 4) is 23.0 Å². The van der Waals surface area contributed by atoms with Crippen molar-refractivity contribution >= 4 is 62.3 Å². The third-order valence-electron chi connectivity index (χ3n) is 9.43. The molecule has 25 heteroatoms. The molecule has 2 aromatic carbocycles. The first kappa shape index (κ1) is 52.4. The van der Waals surface area contributed by atoms with Gasteiger partial charge in [0.2, 0.25) is 5.60 Å². The van der Waals surface area contributed by atoms with E-state index in [1.807, 2.05) is 60.7 Å². The van der Waals surface area contributed by atoms with Crippen molar-refractivity contribution in [1.29, 1.82) is 0 Å². The first-order valence-corrected chi connectivity index (χ1v) is 24.0. The number of aromatic nitrogens is 5. The molecular weight excluding hydrogens is 965 g/mol. The quantitative estimate of drug-likeness (QED) is 0.0345. The van der Waals surface area contributed by atoms with Crippen LogP contribution in [0.5, 0.6) is 11.5 Å². The Morgan fingerprint density at radius 3 is 2.07 bits per heavy atom. The number of thiazole rings is 1. The predicted octanol–water partition coefficient (Wildman–Crippen LogP) is 4.93. The Hall–Kier alpha value is -7.93. The zero-order chi connectivity index (χ0) is 51.9. The number of likely N-dealkylation sites (tertiary alicyclic amines) is 1. The molecule has 0 spiro atoms. The summed E-state index contributed by atoms with van der Waals surface area (Å²) < 4.78 is 52.9. The molecule has 1 aliphatic heterocycles. The number of hydrogen-bond acceptors (Lipinski definition) is 18. The number of urea groups is 1. The average molecular weight is 1020 g/mol. The van der Waals surface area contributed by atoms with Crippen molar-refractivity contribution in [1.82, 2.24) is 38.7 Å². The minimum absolute atomic E-state index is 0.00857. The molecule has 0 saturated carbocycles. The number of nitrogens with one attached hydrogen (secondary N) is 3. The molecule has 6 rings (SSSR count). The summed E-state index contributed by atoms with van der Waals surface area (Å²) >= 11 is 0.886. The number of imide groups is 1. The van der Waals surface area contributed by atoms with Crippen LogP contribution in [-0.4, -0.2) is 102 Å². The summed E-state index contributed by atoms with van der Waals surface area (Å²) in [6.07, 6.45) is 1.81.